The monoisotopic (exact) mass is 487 g/mol. The number of benzene rings is 2. The first-order chi connectivity index (χ1) is 16.3. The number of rotatable bonds is 6. The van der Waals surface area contributed by atoms with Gasteiger partial charge in [-0.2, -0.15) is 5.26 Å². The Morgan fingerprint density at radius 3 is 2.68 bits per heavy atom. The number of carbonyl (C=O) groups is 2. The number of halogens is 3. The Morgan fingerprint density at radius 2 is 2.00 bits per heavy atom. The first-order valence-corrected chi connectivity index (χ1v) is 10.3. The Hall–Kier alpha value is -4.17. The molecular formula is C22H16ClF2N5O4. The van der Waals surface area contributed by atoms with E-state index in [0.29, 0.717) is 5.52 Å². The number of aromatic nitrogens is 1. The van der Waals surface area contributed by atoms with Crippen LogP contribution in [0.15, 0.2) is 30.5 Å². The van der Waals surface area contributed by atoms with Gasteiger partial charge in [0.25, 0.3) is 5.91 Å². The van der Waals surface area contributed by atoms with Crippen molar-refractivity contribution >= 4 is 40.1 Å². The van der Waals surface area contributed by atoms with E-state index in [9.17, 15) is 18.4 Å². The molecule has 12 heteroatoms. The molecule has 1 aliphatic rings. The minimum atomic E-state index is -1.23. The number of ether oxygens (including phenoxy) is 2. The number of nitrogens with zero attached hydrogens (tertiary/aromatic N) is 2. The van der Waals surface area contributed by atoms with Gasteiger partial charge in [-0.05, 0) is 25.0 Å². The third-order valence-electron chi connectivity index (χ3n) is 4.93. The second kappa shape index (κ2) is 9.36. The molecule has 34 heavy (non-hydrogen) atoms. The van der Waals surface area contributed by atoms with Crippen LogP contribution in [0.3, 0.4) is 0 Å². The molecule has 0 radical (unpaired) electrons. The van der Waals surface area contributed by atoms with Gasteiger partial charge in [-0.3, -0.25) is 15.1 Å². The molecule has 3 amide bonds. The Morgan fingerprint density at radius 1 is 1.24 bits per heavy atom. The lowest BCUT2D eigenvalue weighted by Gasteiger charge is -2.15. The summed E-state index contributed by atoms with van der Waals surface area (Å²) in [5.74, 6) is -3.83. The fraction of sp³-hybridized carbons (Fsp3) is 0.182. The standard InChI is InChI=1S/C22H16ClF2N5O4/c1-33-17-8-14-11(6-12(17)21(31)28-9-26)16(4-5-27-14)34-20-13(24)7-15(18(23)19(20)25)30-22(32)29-10-2-3-10/h4-8,10H,2-3H2,1H3,(H,28,31)(H2,29,30,32). The number of anilines is 1. The molecule has 1 heterocycles. The zero-order valence-corrected chi connectivity index (χ0v) is 18.3. The van der Waals surface area contributed by atoms with Gasteiger partial charge in [-0.15, -0.1) is 0 Å². The maximum absolute atomic E-state index is 15.0. The molecule has 9 nitrogen and oxygen atoms in total. The number of hydrogen-bond acceptors (Lipinski definition) is 6. The van der Waals surface area contributed by atoms with Crippen LogP contribution in [0.2, 0.25) is 5.02 Å². The number of fused-ring (bicyclic) bond motifs is 1. The second-order valence-electron chi connectivity index (χ2n) is 7.28. The molecule has 1 aliphatic carbocycles. The zero-order valence-electron chi connectivity index (χ0n) is 17.5. The number of urea groups is 1. The van der Waals surface area contributed by atoms with Gasteiger partial charge in [-0.25, -0.2) is 13.6 Å². The molecule has 0 saturated heterocycles. The smallest absolute Gasteiger partial charge is 0.319 e. The lowest BCUT2D eigenvalue weighted by molar-refractivity contribution is 0.0970. The van der Waals surface area contributed by atoms with E-state index < -0.39 is 34.3 Å². The van der Waals surface area contributed by atoms with Gasteiger partial charge in [0.05, 0.1) is 23.9 Å². The van der Waals surface area contributed by atoms with Crippen LogP contribution < -0.4 is 25.4 Å². The van der Waals surface area contributed by atoms with Crippen molar-refractivity contribution in [1.29, 1.82) is 5.26 Å². The van der Waals surface area contributed by atoms with Gasteiger partial charge in [0.15, 0.2) is 23.6 Å². The third kappa shape index (κ3) is 4.62. The highest BCUT2D eigenvalue weighted by atomic mass is 35.5. The highest BCUT2D eigenvalue weighted by Crippen LogP contribution is 2.39. The molecular weight excluding hydrogens is 472 g/mol. The van der Waals surface area contributed by atoms with E-state index in [-0.39, 0.29) is 34.2 Å². The summed E-state index contributed by atoms with van der Waals surface area (Å²) >= 11 is 6.02. The number of amides is 3. The van der Waals surface area contributed by atoms with Gasteiger partial charge in [-0.1, -0.05) is 11.6 Å². The molecule has 1 saturated carbocycles. The average Bonchev–Trinajstić information content (AvgIpc) is 3.63. The topological polar surface area (TPSA) is 125 Å². The summed E-state index contributed by atoms with van der Waals surface area (Å²) in [6.07, 6.45) is 4.53. The second-order valence-corrected chi connectivity index (χ2v) is 7.66. The molecule has 3 N–H and O–H groups in total. The molecule has 0 atom stereocenters. The predicted molar refractivity (Wildman–Crippen MR) is 118 cm³/mol. The highest BCUT2D eigenvalue weighted by molar-refractivity contribution is 6.34. The van der Waals surface area contributed by atoms with Crippen LogP contribution in [0.25, 0.3) is 10.9 Å². The number of nitriles is 1. The van der Waals surface area contributed by atoms with Crippen molar-refractivity contribution < 1.29 is 27.8 Å². The van der Waals surface area contributed by atoms with E-state index in [1.54, 1.807) is 0 Å². The van der Waals surface area contributed by atoms with Gasteiger partial charge in [0.1, 0.15) is 16.5 Å². The molecule has 1 aromatic heterocycles. The fourth-order valence-corrected chi connectivity index (χ4v) is 3.33. The lowest BCUT2D eigenvalue weighted by Crippen LogP contribution is -2.30. The Balaban J connectivity index is 1.71. The van der Waals surface area contributed by atoms with E-state index in [1.807, 2.05) is 5.32 Å². The number of pyridine rings is 1. The minimum Gasteiger partial charge on any atom is -0.496 e. The maximum atomic E-state index is 15.0. The molecule has 4 rings (SSSR count). The molecule has 174 valence electrons. The van der Waals surface area contributed by atoms with E-state index in [2.05, 4.69) is 15.6 Å². The summed E-state index contributed by atoms with van der Waals surface area (Å²) in [6.45, 7) is 0. The van der Waals surface area contributed by atoms with E-state index in [1.165, 1.54) is 37.7 Å². The van der Waals surface area contributed by atoms with Crippen LogP contribution in [0.5, 0.6) is 17.2 Å². The van der Waals surface area contributed by atoms with E-state index in [4.69, 9.17) is 26.3 Å². The summed E-state index contributed by atoms with van der Waals surface area (Å²) in [4.78, 5) is 28.3. The predicted octanol–water partition coefficient (Wildman–Crippen LogP) is 4.46. The number of methoxy groups -OCH3 is 1. The van der Waals surface area contributed by atoms with Gasteiger partial charge in [0.2, 0.25) is 0 Å². The number of carbonyl (C=O) groups excluding carboxylic acids is 2. The Labute approximate surface area is 196 Å². The zero-order chi connectivity index (χ0) is 24.4. The summed E-state index contributed by atoms with van der Waals surface area (Å²) in [7, 11) is 1.33. The average molecular weight is 488 g/mol. The third-order valence-corrected chi connectivity index (χ3v) is 5.30. The van der Waals surface area contributed by atoms with Gasteiger partial charge in [0, 0.05) is 29.8 Å². The summed E-state index contributed by atoms with van der Waals surface area (Å²) in [5, 5.41) is 15.3. The van der Waals surface area contributed by atoms with Crippen molar-refractivity contribution in [2.75, 3.05) is 12.4 Å². The Kier molecular flexibility index (Phi) is 6.34. The minimum absolute atomic E-state index is 0.0189. The fourth-order valence-electron chi connectivity index (χ4n) is 3.15. The quantitative estimate of drug-likeness (QED) is 0.268. The van der Waals surface area contributed by atoms with Crippen LogP contribution >= 0.6 is 11.6 Å². The largest absolute Gasteiger partial charge is 0.496 e. The van der Waals surface area contributed by atoms with Crippen molar-refractivity contribution in [3.63, 3.8) is 0 Å². The first-order valence-electron chi connectivity index (χ1n) is 9.91. The SMILES string of the molecule is COc1cc2nccc(Oc3c(F)cc(NC(=O)NC4CC4)c(Cl)c3F)c2cc1C(=O)NC#N. The van der Waals surface area contributed by atoms with Crippen molar-refractivity contribution in [1.82, 2.24) is 15.6 Å². The van der Waals surface area contributed by atoms with Gasteiger partial charge >= 0.3 is 6.03 Å². The lowest BCUT2D eigenvalue weighted by atomic mass is 10.1. The molecule has 3 aromatic rings. The van der Waals surface area contributed by atoms with Crippen molar-refractivity contribution in [2.45, 2.75) is 18.9 Å². The van der Waals surface area contributed by atoms with Crippen LogP contribution in [0.1, 0.15) is 23.2 Å². The summed E-state index contributed by atoms with van der Waals surface area (Å²) in [5.41, 5.74) is 0.0151. The van der Waals surface area contributed by atoms with Gasteiger partial charge < -0.3 is 20.1 Å². The summed E-state index contributed by atoms with van der Waals surface area (Å²) in [6, 6.07) is 4.32. The number of nitrogens with one attached hydrogen (secondary N) is 3. The van der Waals surface area contributed by atoms with Crippen molar-refractivity contribution in [2.24, 2.45) is 0 Å². The van der Waals surface area contributed by atoms with Crippen molar-refractivity contribution in [3.05, 3.63) is 52.7 Å². The molecule has 1 fully saturated rings. The Bertz CT molecular complexity index is 1360. The normalized spacial score (nSPS) is 12.6. The maximum Gasteiger partial charge on any atom is 0.319 e. The van der Waals surface area contributed by atoms with Crippen molar-refractivity contribution in [3.8, 4) is 23.4 Å². The molecule has 0 bridgehead atoms. The molecule has 2 aromatic carbocycles. The van der Waals surface area contributed by atoms with Crippen LogP contribution in [-0.4, -0.2) is 30.1 Å². The first kappa shape index (κ1) is 23.0. The van der Waals surface area contributed by atoms with Crippen LogP contribution in [0, 0.1) is 23.1 Å². The molecule has 0 spiro atoms. The van der Waals surface area contributed by atoms with E-state index in [0.717, 1.165) is 18.9 Å². The molecule has 0 aliphatic heterocycles. The summed E-state index contributed by atoms with van der Waals surface area (Å²) < 4.78 is 40.4. The van der Waals surface area contributed by atoms with E-state index >= 15 is 0 Å². The highest BCUT2D eigenvalue weighted by Gasteiger charge is 2.26. The number of hydrogen-bond donors (Lipinski definition) is 3. The van der Waals surface area contributed by atoms with Crippen LogP contribution in [0.4, 0.5) is 19.3 Å². The molecule has 0 unspecified atom stereocenters. The van der Waals surface area contributed by atoms with Crippen LogP contribution in [-0.2, 0) is 0 Å².